The third-order valence-electron chi connectivity index (χ3n) is 5.23. The van der Waals surface area contributed by atoms with Crippen molar-refractivity contribution in [1.82, 2.24) is 10.2 Å². The molecule has 4 nitrogen and oxygen atoms in total. The zero-order valence-electron chi connectivity index (χ0n) is 13.2. The SMILES string of the molecule is CCC1(CC)CNC(C2CC2)CN1CCCS(C)(=O)=O. The summed E-state index contributed by atoms with van der Waals surface area (Å²) in [6.07, 6.45) is 7.09. The van der Waals surface area contributed by atoms with Crippen LogP contribution in [0.4, 0.5) is 0 Å². The number of nitrogens with zero attached hydrogens (tertiary/aromatic N) is 1. The Morgan fingerprint density at radius 2 is 1.90 bits per heavy atom. The van der Waals surface area contributed by atoms with Gasteiger partial charge in [-0.3, -0.25) is 4.90 Å². The number of hydrogen-bond donors (Lipinski definition) is 1. The fraction of sp³-hybridized carbons (Fsp3) is 1.00. The van der Waals surface area contributed by atoms with Gasteiger partial charge in [0.2, 0.25) is 0 Å². The highest BCUT2D eigenvalue weighted by Crippen LogP contribution is 2.37. The maximum absolute atomic E-state index is 11.3. The van der Waals surface area contributed by atoms with Crippen molar-refractivity contribution in [2.75, 3.05) is 31.6 Å². The summed E-state index contributed by atoms with van der Waals surface area (Å²) in [7, 11) is -2.84. The van der Waals surface area contributed by atoms with E-state index in [2.05, 4.69) is 24.1 Å². The first-order valence-corrected chi connectivity index (χ1v) is 10.1. The van der Waals surface area contributed by atoms with Gasteiger partial charge >= 0.3 is 0 Å². The van der Waals surface area contributed by atoms with Crippen molar-refractivity contribution in [2.24, 2.45) is 5.92 Å². The highest BCUT2D eigenvalue weighted by molar-refractivity contribution is 7.90. The van der Waals surface area contributed by atoms with Crippen LogP contribution in [0, 0.1) is 5.92 Å². The average molecular weight is 302 g/mol. The first-order chi connectivity index (χ1) is 9.40. The molecular formula is C15H30N2O2S. The Kier molecular flexibility index (Phi) is 5.14. The topological polar surface area (TPSA) is 49.4 Å². The van der Waals surface area contributed by atoms with E-state index in [1.807, 2.05) is 0 Å². The monoisotopic (exact) mass is 302 g/mol. The van der Waals surface area contributed by atoms with Gasteiger partial charge < -0.3 is 5.32 Å². The van der Waals surface area contributed by atoms with Crippen LogP contribution in [-0.2, 0) is 9.84 Å². The van der Waals surface area contributed by atoms with Crippen LogP contribution in [0.15, 0.2) is 0 Å². The predicted molar refractivity (Wildman–Crippen MR) is 83.7 cm³/mol. The van der Waals surface area contributed by atoms with Crippen molar-refractivity contribution in [3.05, 3.63) is 0 Å². The second-order valence-corrected chi connectivity index (χ2v) is 8.95. The molecule has 1 aliphatic carbocycles. The molecule has 0 aromatic rings. The number of piperazine rings is 1. The van der Waals surface area contributed by atoms with Gasteiger partial charge in [0.15, 0.2) is 0 Å². The fourth-order valence-electron chi connectivity index (χ4n) is 3.54. The van der Waals surface area contributed by atoms with E-state index in [1.54, 1.807) is 0 Å². The molecule has 0 aromatic carbocycles. The van der Waals surface area contributed by atoms with E-state index < -0.39 is 9.84 Å². The lowest BCUT2D eigenvalue weighted by Gasteiger charge is -2.50. The molecule has 1 heterocycles. The van der Waals surface area contributed by atoms with Gasteiger partial charge in [0.25, 0.3) is 0 Å². The maximum atomic E-state index is 11.3. The van der Waals surface area contributed by atoms with Crippen LogP contribution < -0.4 is 5.32 Å². The van der Waals surface area contributed by atoms with Crippen molar-refractivity contribution in [1.29, 1.82) is 0 Å². The van der Waals surface area contributed by atoms with E-state index >= 15 is 0 Å². The van der Waals surface area contributed by atoms with Gasteiger partial charge in [-0.05, 0) is 44.6 Å². The molecule has 0 amide bonds. The van der Waals surface area contributed by atoms with Crippen LogP contribution in [-0.4, -0.2) is 56.5 Å². The Labute approximate surface area is 124 Å². The lowest BCUT2D eigenvalue weighted by atomic mass is 9.86. The first-order valence-electron chi connectivity index (χ1n) is 8.06. The highest BCUT2D eigenvalue weighted by Gasteiger charge is 2.42. The predicted octanol–water partition coefficient (Wildman–Crippen LogP) is 1.66. The molecule has 0 radical (unpaired) electrons. The standard InChI is InChI=1S/C15H30N2O2S/c1-4-15(5-2)12-16-14(13-7-8-13)11-17(15)9-6-10-20(3,18)19/h13-14,16H,4-12H2,1-3H3. The summed E-state index contributed by atoms with van der Waals surface area (Å²) < 4.78 is 22.7. The zero-order chi connectivity index (χ0) is 14.8. The third-order valence-corrected chi connectivity index (χ3v) is 6.26. The van der Waals surface area contributed by atoms with E-state index in [1.165, 1.54) is 19.1 Å². The van der Waals surface area contributed by atoms with Crippen LogP contribution in [0.2, 0.25) is 0 Å². The number of sulfone groups is 1. The molecule has 1 saturated heterocycles. The molecule has 0 bridgehead atoms. The summed E-state index contributed by atoms with van der Waals surface area (Å²) in [6, 6.07) is 0.624. The van der Waals surface area contributed by atoms with Crippen molar-refractivity contribution in [3.8, 4) is 0 Å². The number of hydrogen-bond acceptors (Lipinski definition) is 4. The maximum Gasteiger partial charge on any atom is 0.147 e. The second-order valence-electron chi connectivity index (χ2n) is 6.69. The van der Waals surface area contributed by atoms with Crippen molar-refractivity contribution in [2.45, 2.75) is 57.5 Å². The van der Waals surface area contributed by atoms with E-state index in [4.69, 9.17) is 0 Å². The molecule has 1 saturated carbocycles. The van der Waals surface area contributed by atoms with Gasteiger partial charge in [-0.25, -0.2) is 8.42 Å². The Balaban J connectivity index is 1.97. The largest absolute Gasteiger partial charge is 0.311 e. The van der Waals surface area contributed by atoms with Crippen LogP contribution in [0.1, 0.15) is 46.0 Å². The van der Waals surface area contributed by atoms with Crippen LogP contribution >= 0.6 is 0 Å². The summed E-state index contributed by atoms with van der Waals surface area (Å²) >= 11 is 0. The van der Waals surface area contributed by atoms with Gasteiger partial charge in [-0.15, -0.1) is 0 Å². The van der Waals surface area contributed by atoms with Crippen LogP contribution in [0.3, 0.4) is 0 Å². The summed E-state index contributed by atoms with van der Waals surface area (Å²) in [5.41, 5.74) is 0.225. The van der Waals surface area contributed by atoms with E-state index in [-0.39, 0.29) is 5.54 Å². The molecule has 2 aliphatic rings. The molecule has 1 aliphatic heterocycles. The van der Waals surface area contributed by atoms with E-state index in [9.17, 15) is 8.42 Å². The minimum absolute atomic E-state index is 0.225. The van der Waals surface area contributed by atoms with Crippen molar-refractivity contribution >= 4 is 9.84 Å². The minimum Gasteiger partial charge on any atom is -0.311 e. The number of rotatable bonds is 7. The Bertz CT molecular complexity index is 414. The third kappa shape index (κ3) is 3.95. The minimum atomic E-state index is -2.84. The molecule has 20 heavy (non-hydrogen) atoms. The summed E-state index contributed by atoms with van der Waals surface area (Å²) in [6.45, 7) is 7.58. The van der Waals surface area contributed by atoms with E-state index in [0.29, 0.717) is 11.8 Å². The summed E-state index contributed by atoms with van der Waals surface area (Å²) in [5.74, 6) is 1.17. The summed E-state index contributed by atoms with van der Waals surface area (Å²) in [4.78, 5) is 2.58. The van der Waals surface area contributed by atoms with Crippen LogP contribution in [0.5, 0.6) is 0 Å². The molecule has 118 valence electrons. The Morgan fingerprint density at radius 3 is 2.40 bits per heavy atom. The average Bonchev–Trinajstić information content (AvgIpc) is 3.22. The summed E-state index contributed by atoms with van der Waals surface area (Å²) in [5, 5.41) is 3.75. The highest BCUT2D eigenvalue weighted by atomic mass is 32.2. The Hall–Kier alpha value is -0.130. The fourth-order valence-corrected chi connectivity index (χ4v) is 4.19. The molecule has 5 heteroatoms. The first kappa shape index (κ1) is 16.2. The van der Waals surface area contributed by atoms with Gasteiger partial charge in [-0.1, -0.05) is 13.8 Å². The molecule has 1 N–H and O–H groups in total. The molecule has 1 atom stereocenters. The van der Waals surface area contributed by atoms with Gasteiger partial charge in [0, 0.05) is 30.9 Å². The van der Waals surface area contributed by atoms with Gasteiger partial charge in [0.1, 0.15) is 9.84 Å². The zero-order valence-corrected chi connectivity index (χ0v) is 14.0. The van der Waals surface area contributed by atoms with Crippen LogP contribution in [0.25, 0.3) is 0 Å². The van der Waals surface area contributed by atoms with Gasteiger partial charge in [-0.2, -0.15) is 0 Å². The lowest BCUT2D eigenvalue weighted by molar-refractivity contribution is 0.0276. The smallest absolute Gasteiger partial charge is 0.147 e. The Morgan fingerprint density at radius 1 is 1.25 bits per heavy atom. The molecule has 2 rings (SSSR count). The number of nitrogens with one attached hydrogen (secondary N) is 1. The van der Waals surface area contributed by atoms with Crippen molar-refractivity contribution < 1.29 is 8.42 Å². The molecule has 2 fully saturated rings. The normalized spacial score (nSPS) is 27.6. The quantitative estimate of drug-likeness (QED) is 0.777. The lowest BCUT2D eigenvalue weighted by Crippen LogP contribution is -2.64. The molecule has 1 unspecified atom stereocenters. The molecule has 0 spiro atoms. The van der Waals surface area contributed by atoms with Gasteiger partial charge in [0.05, 0.1) is 5.75 Å². The van der Waals surface area contributed by atoms with Crippen molar-refractivity contribution in [3.63, 3.8) is 0 Å². The second kappa shape index (κ2) is 6.32. The van der Waals surface area contributed by atoms with E-state index in [0.717, 1.165) is 44.8 Å². The molecule has 0 aromatic heterocycles. The molecular weight excluding hydrogens is 272 g/mol.